The molecule has 0 bridgehead atoms. The van der Waals surface area contributed by atoms with Crippen molar-refractivity contribution in [1.29, 1.82) is 5.41 Å². The van der Waals surface area contributed by atoms with Gasteiger partial charge < -0.3 is 10.3 Å². The lowest BCUT2D eigenvalue weighted by molar-refractivity contribution is 1.20. The molecule has 1 rings (SSSR count). The van der Waals surface area contributed by atoms with Gasteiger partial charge in [-0.25, -0.2) is 0 Å². The Kier molecular flexibility index (Phi) is 3.26. The van der Waals surface area contributed by atoms with E-state index in [-0.39, 0.29) is 0 Å². The van der Waals surface area contributed by atoms with Crippen LogP contribution in [0.5, 0.6) is 0 Å². The van der Waals surface area contributed by atoms with Gasteiger partial charge in [-0.1, -0.05) is 12.1 Å². The fraction of sp³-hybridized carbons (Fsp3) is 0.182. The Bertz CT molecular complexity index is 316. The van der Waals surface area contributed by atoms with Gasteiger partial charge in [-0.05, 0) is 30.7 Å². The quantitative estimate of drug-likeness (QED) is 0.700. The number of rotatable bonds is 3. The third-order valence-electron chi connectivity index (χ3n) is 1.81. The second-order valence-corrected chi connectivity index (χ2v) is 2.96. The summed E-state index contributed by atoms with van der Waals surface area (Å²) >= 11 is 0. The van der Waals surface area contributed by atoms with Crippen LogP contribution in [-0.2, 0) is 0 Å². The van der Waals surface area contributed by atoms with Crippen molar-refractivity contribution in [3.8, 4) is 0 Å². The van der Waals surface area contributed by atoms with Crippen molar-refractivity contribution in [2.75, 3.05) is 11.9 Å². The molecule has 2 nitrogen and oxygen atoms in total. The monoisotopic (exact) mass is 174 g/mol. The lowest BCUT2D eigenvalue weighted by Crippen LogP contribution is -2.07. The second-order valence-electron chi connectivity index (χ2n) is 2.96. The molecule has 68 valence electrons. The fourth-order valence-corrected chi connectivity index (χ4v) is 1.11. The zero-order valence-corrected chi connectivity index (χ0v) is 7.99. The van der Waals surface area contributed by atoms with Gasteiger partial charge in [0.15, 0.2) is 0 Å². The molecular formula is C11H14N2. The van der Waals surface area contributed by atoms with Gasteiger partial charge in [0, 0.05) is 25.1 Å². The van der Waals surface area contributed by atoms with E-state index in [4.69, 9.17) is 5.41 Å². The first-order chi connectivity index (χ1) is 6.24. The Morgan fingerprint density at radius 3 is 2.77 bits per heavy atom. The number of hydrogen-bond donors (Lipinski definition) is 1. The van der Waals surface area contributed by atoms with Crippen LogP contribution in [0, 0.1) is 12.3 Å². The molecule has 0 radical (unpaired) electrons. The first-order valence-corrected chi connectivity index (χ1v) is 4.21. The van der Waals surface area contributed by atoms with E-state index in [0.29, 0.717) is 0 Å². The van der Waals surface area contributed by atoms with E-state index in [1.807, 2.05) is 30.3 Å². The summed E-state index contributed by atoms with van der Waals surface area (Å²) in [6.07, 6.45) is 4.83. The van der Waals surface area contributed by atoms with Gasteiger partial charge in [-0.3, -0.25) is 0 Å². The predicted octanol–water partition coefficient (Wildman–Crippen LogP) is 2.59. The Morgan fingerprint density at radius 1 is 1.38 bits per heavy atom. The molecule has 0 aromatic heterocycles. The highest BCUT2D eigenvalue weighted by molar-refractivity contribution is 5.68. The van der Waals surface area contributed by atoms with E-state index >= 15 is 0 Å². The summed E-state index contributed by atoms with van der Waals surface area (Å²) in [4.78, 5) is 1.98. The van der Waals surface area contributed by atoms with E-state index in [1.54, 1.807) is 6.08 Å². The molecule has 1 N–H and O–H groups in total. The molecule has 0 saturated carbocycles. The van der Waals surface area contributed by atoms with Crippen molar-refractivity contribution in [1.82, 2.24) is 0 Å². The maximum atomic E-state index is 6.86. The van der Waals surface area contributed by atoms with Gasteiger partial charge in [-0.15, -0.1) is 0 Å². The standard InChI is InChI=1S/C11H14N2/c1-10-5-3-6-11(9-10)13(2)8-4-7-12/h3-9,12H,1-2H3/b8-4-,12-7?. The van der Waals surface area contributed by atoms with Crippen molar-refractivity contribution in [3.05, 3.63) is 42.1 Å². The minimum absolute atomic E-state index is 1.14. The summed E-state index contributed by atoms with van der Waals surface area (Å²) in [5.74, 6) is 0. The summed E-state index contributed by atoms with van der Waals surface area (Å²) in [6.45, 7) is 2.07. The number of anilines is 1. The van der Waals surface area contributed by atoms with E-state index in [2.05, 4.69) is 19.1 Å². The topological polar surface area (TPSA) is 27.1 Å². The number of hydrogen-bond acceptors (Lipinski definition) is 2. The van der Waals surface area contributed by atoms with Gasteiger partial charge in [0.05, 0.1) is 0 Å². The molecule has 2 heteroatoms. The van der Waals surface area contributed by atoms with Gasteiger partial charge in [0.25, 0.3) is 0 Å². The summed E-state index contributed by atoms with van der Waals surface area (Å²) in [6, 6.07) is 8.24. The highest BCUT2D eigenvalue weighted by atomic mass is 15.1. The van der Waals surface area contributed by atoms with Crippen LogP contribution in [0.1, 0.15) is 5.56 Å². The largest absolute Gasteiger partial charge is 0.351 e. The van der Waals surface area contributed by atoms with Crippen molar-refractivity contribution in [2.24, 2.45) is 0 Å². The van der Waals surface area contributed by atoms with Crippen LogP contribution < -0.4 is 4.90 Å². The number of aryl methyl sites for hydroxylation is 1. The molecule has 0 saturated heterocycles. The number of nitrogens with one attached hydrogen (secondary N) is 1. The third kappa shape index (κ3) is 2.75. The maximum Gasteiger partial charge on any atom is 0.0406 e. The number of allylic oxidation sites excluding steroid dienone is 1. The van der Waals surface area contributed by atoms with Crippen molar-refractivity contribution < 1.29 is 0 Å². The Morgan fingerprint density at radius 2 is 2.15 bits per heavy atom. The zero-order valence-electron chi connectivity index (χ0n) is 7.99. The predicted molar refractivity (Wildman–Crippen MR) is 57.5 cm³/mol. The maximum absolute atomic E-state index is 6.86. The van der Waals surface area contributed by atoms with Gasteiger partial charge in [-0.2, -0.15) is 0 Å². The Hall–Kier alpha value is -1.57. The molecule has 0 aliphatic heterocycles. The molecule has 1 aromatic rings. The molecule has 0 aliphatic carbocycles. The van der Waals surface area contributed by atoms with Gasteiger partial charge >= 0.3 is 0 Å². The van der Waals surface area contributed by atoms with Crippen LogP contribution in [0.15, 0.2) is 36.5 Å². The summed E-state index contributed by atoms with van der Waals surface area (Å²) in [5, 5.41) is 6.86. The van der Waals surface area contributed by atoms with Crippen molar-refractivity contribution in [2.45, 2.75) is 6.92 Å². The van der Waals surface area contributed by atoms with Crippen LogP contribution in [0.3, 0.4) is 0 Å². The lowest BCUT2D eigenvalue weighted by atomic mass is 10.2. The fourth-order valence-electron chi connectivity index (χ4n) is 1.11. The van der Waals surface area contributed by atoms with Crippen LogP contribution in [0.4, 0.5) is 5.69 Å². The van der Waals surface area contributed by atoms with E-state index in [0.717, 1.165) is 5.69 Å². The molecule has 13 heavy (non-hydrogen) atoms. The Balaban J connectivity index is 2.82. The molecule has 0 amide bonds. The Labute approximate surface area is 79.0 Å². The highest BCUT2D eigenvalue weighted by Gasteiger charge is 1.94. The molecule has 0 spiro atoms. The zero-order chi connectivity index (χ0) is 9.68. The average molecular weight is 174 g/mol. The van der Waals surface area contributed by atoms with Crippen molar-refractivity contribution >= 4 is 11.9 Å². The minimum Gasteiger partial charge on any atom is -0.351 e. The average Bonchev–Trinajstić information content (AvgIpc) is 2.14. The molecule has 0 heterocycles. The number of nitrogens with zero attached hydrogens (tertiary/aromatic N) is 1. The first kappa shape index (κ1) is 9.52. The molecule has 0 aliphatic rings. The lowest BCUT2D eigenvalue weighted by Gasteiger charge is -2.13. The van der Waals surface area contributed by atoms with E-state index < -0.39 is 0 Å². The molecule has 1 aromatic carbocycles. The summed E-state index contributed by atoms with van der Waals surface area (Å²) in [5.41, 5.74) is 2.38. The minimum atomic E-state index is 1.14. The van der Waals surface area contributed by atoms with E-state index in [9.17, 15) is 0 Å². The van der Waals surface area contributed by atoms with E-state index in [1.165, 1.54) is 11.8 Å². The van der Waals surface area contributed by atoms with Crippen LogP contribution in [-0.4, -0.2) is 13.3 Å². The normalized spacial score (nSPS) is 10.3. The van der Waals surface area contributed by atoms with Crippen LogP contribution in [0.25, 0.3) is 0 Å². The highest BCUT2D eigenvalue weighted by Crippen LogP contribution is 2.13. The smallest absolute Gasteiger partial charge is 0.0406 e. The summed E-state index contributed by atoms with van der Waals surface area (Å²) < 4.78 is 0. The van der Waals surface area contributed by atoms with Crippen molar-refractivity contribution in [3.63, 3.8) is 0 Å². The first-order valence-electron chi connectivity index (χ1n) is 4.21. The number of benzene rings is 1. The second kappa shape index (κ2) is 4.45. The summed E-state index contributed by atoms with van der Waals surface area (Å²) in [7, 11) is 1.97. The van der Waals surface area contributed by atoms with Gasteiger partial charge in [0.1, 0.15) is 0 Å². The molecule has 0 fully saturated rings. The van der Waals surface area contributed by atoms with Crippen LogP contribution >= 0.6 is 0 Å². The third-order valence-corrected chi connectivity index (χ3v) is 1.81. The molecule has 0 atom stereocenters. The SMILES string of the molecule is Cc1cccc(N(C)/C=C\C=N)c1. The molecule has 0 unspecified atom stereocenters. The van der Waals surface area contributed by atoms with Gasteiger partial charge in [0.2, 0.25) is 0 Å². The van der Waals surface area contributed by atoms with Crippen LogP contribution in [0.2, 0.25) is 0 Å². The molecular weight excluding hydrogens is 160 g/mol.